The second-order valence-electron chi connectivity index (χ2n) is 7.47. The zero-order valence-electron chi connectivity index (χ0n) is 18.1. The first-order valence-electron chi connectivity index (χ1n) is 10.7. The lowest BCUT2D eigenvalue weighted by molar-refractivity contribution is -0.114. The Labute approximate surface area is 205 Å². The van der Waals surface area contributed by atoms with Crippen molar-refractivity contribution >= 4 is 51.9 Å². The van der Waals surface area contributed by atoms with Gasteiger partial charge in [0.1, 0.15) is 18.2 Å². The number of thioether (sulfide) groups is 1. The van der Waals surface area contributed by atoms with Crippen molar-refractivity contribution in [3.8, 4) is 5.75 Å². The van der Waals surface area contributed by atoms with Crippen LogP contribution >= 0.6 is 23.7 Å². The monoisotopic (exact) mass is 487 g/mol. The zero-order valence-corrected chi connectivity index (χ0v) is 19.8. The number of para-hydroxylation sites is 1. The first-order valence-corrected chi connectivity index (χ1v) is 12.4. The summed E-state index contributed by atoms with van der Waals surface area (Å²) in [7, 11) is 0. The molecular weight excluding hydrogens is 466 g/mol. The zero-order chi connectivity index (χ0) is 23.3. The van der Waals surface area contributed by atoms with Gasteiger partial charge in [-0.3, -0.25) is 10.2 Å². The van der Waals surface area contributed by atoms with Gasteiger partial charge in [0, 0.05) is 17.6 Å². The normalized spacial score (nSPS) is 16.5. The van der Waals surface area contributed by atoms with Gasteiger partial charge in [-0.1, -0.05) is 60.3 Å². The predicted octanol–water partition coefficient (Wildman–Crippen LogP) is 5.08. The standard InChI is InChI=1S/C25H21N5O2S2/c26-22-21(16-19-10-7-13-29(19)14-15-32-20-11-5-2-6-12-20)23(31)27-24-30(22)25(28-34-24)33-17-18-8-3-1-4-9-18/h1-13,16,26H,14-15,17H2/b21-16+,26-22?. The fraction of sp³-hybridized carbons (Fsp3) is 0.120. The van der Waals surface area contributed by atoms with Crippen LogP contribution in [0.25, 0.3) is 6.08 Å². The number of ether oxygens (including phenoxy) is 1. The Morgan fingerprint density at radius 2 is 1.79 bits per heavy atom. The molecule has 9 heteroatoms. The third-order valence-corrected chi connectivity index (χ3v) is 7.03. The minimum Gasteiger partial charge on any atom is -0.492 e. The number of carbonyl (C=O) groups excluding carboxylic acids is 1. The number of nitrogens with one attached hydrogen (secondary N) is 1. The van der Waals surface area contributed by atoms with Crippen LogP contribution in [0.15, 0.2) is 94.0 Å². The average molecular weight is 488 g/mol. The molecular formula is C25H21N5O2S2. The molecule has 0 bridgehead atoms. The summed E-state index contributed by atoms with van der Waals surface area (Å²) < 4.78 is 12.2. The van der Waals surface area contributed by atoms with E-state index in [-0.39, 0.29) is 11.4 Å². The predicted molar refractivity (Wildman–Crippen MR) is 139 cm³/mol. The third-order valence-electron chi connectivity index (χ3n) is 5.21. The molecule has 0 radical (unpaired) electrons. The lowest BCUT2D eigenvalue weighted by atomic mass is 10.1. The summed E-state index contributed by atoms with van der Waals surface area (Å²) in [5.74, 6) is 1.19. The Morgan fingerprint density at radius 3 is 2.59 bits per heavy atom. The summed E-state index contributed by atoms with van der Waals surface area (Å²) >= 11 is 2.65. The number of fused-ring (bicyclic) bond motifs is 1. The van der Waals surface area contributed by atoms with Crippen molar-refractivity contribution in [3.05, 3.63) is 95.8 Å². The number of aliphatic imine (C=N–C) groups is 1. The highest BCUT2D eigenvalue weighted by molar-refractivity contribution is 8.18. The second-order valence-corrected chi connectivity index (χ2v) is 9.14. The highest BCUT2D eigenvalue weighted by Crippen LogP contribution is 2.33. The molecule has 1 N–H and O–H groups in total. The van der Waals surface area contributed by atoms with Crippen LogP contribution in [0.5, 0.6) is 5.75 Å². The molecule has 2 aliphatic rings. The molecule has 34 heavy (non-hydrogen) atoms. The summed E-state index contributed by atoms with van der Waals surface area (Å²) in [6.45, 7) is 1.09. The molecule has 5 rings (SSSR count). The van der Waals surface area contributed by atoms with Crippen LogP contribution in [0.1, 0.15) is 11.3 Å². The number of benzene rings is 2. The molecule has 1 amide bonds. The Balaban J connectivity index is 1.29. The van der Waals surface area contributed by atoms with E-state index in [1.165, 1.54) is 11.8 Å². The van der Waals surface area contributed by atoms with Gasteiger partial charge >= 0.3 is 0 Å². The molecule has 0 unspecified atom stereocenters. The van der Waals surface area contributed by atoms with Crippen molar-refractivity contribution in [2.75, 3.05) is 6.61 Å². The van der Waals surface area contributed by atoms with Gasteiger partial charge in [0.2, 0.25) is 5.17 Å². The maximum absolute atomic E-state index is 12.7. The van der Waals surface area contributed by atoms with Gasteiger partial charge in [-0.2, -0.15) is 9.39 Å². The minimum absolute atomic E-state index is 0.0904. The molecule has 2 aromatic carbocycles. The molecule has 1 aromatic heterocycles. The highest BCUT2D eigenvalue weighted by Gasteiger charge is 2.37. The number of amides is 1. The number of aromatic nitrogens is 1. The lowest BCUT2D eigenvalue weighted by Gasteiger charge is -2.24. The van der Waals surface area contributed by atoms with Crippen LogP contribution in [0, 0.1) is 5.41 Å². The van der Waals surface area contributed by atoms with Crippen LogP contribution in [0.2, 0.25) is 0 Å². The molecule has 0 aliphatic carbocycles. The maximum Gasteiger partial charge on any atom is 0.283 e. The Kier molecular flexibility index (Phi) is 6.64. The second kappa shape index (κ2) is 10.1. The van der Waals surface area contributed by atoms with E-state index in [1.54, 1.807) is 11.0 Å². The first kappa shape index (κ1) is 22.2. The van der Waals surface area contributed by atoms with E-state index in [9.17, 15) is 4.79 Å². The van der Waals surface area contributed by atoms with Crippen LogP contribution in [0.3, 0.4) is 0 Å². The summed E-state index contributed by atoms with van der Waals surface area (Å²) in [6.07, 6.45) is 3.65. The Bertz CT molecular complexity index is 1300. The molecule has 3 aromatic rings. The summed E-state index contributed by atoms with van der Waals surface area (Å²) in [5.41, 5.74) is 2.21. The van der Waals surface area contributed by atoms with E-state index in [0.717, 1.165) is 29.0 Å². The van der Waals surface area contributed by atoms with Crippen molar-refractivity contribution in [3.63, 3.8) is 0 Å². The smallest absolute Gasteiger partial charge is 0.283 e. The Morgan fingerprint density at radius 1 is 1.03 bits per heavy atom. The molecule has 2 aliphatic heterocycles. The average Bonchev–Trinajstić information content (AvgIpc) is 3.48. The Hall–Kier alpha value is -3.56. The van der Waals surface area contributed by atoms with Crippen molar-refractivity contribution in [1.82, 2.24) is 9.47 Å². The summed E-state index contributed by atoms with van der Waals surface area (Å²) in [6, 6.07) is 23.5. The van der Waals surface area contributed by atoms with Crippen molar-refractivity contribution < 1.29 is 9.53 Å². The van der Waals surface area contributed by atoms with Crippen molar-refractivity contribution in [1.29, 1.82) is 5.41 Å². The van der Waals surface area contributed by atoms with E-state index >= 15 is 0 Å². The lowest BCUT2D eigenvalue weighted by Crippen LogP contribution is -2.41. The van der Waals surface area contributed by atoms with E-state index in [2.05, 4.69) is 21.5 Å². The van der Waals surface area contributed by atoms with Gasteiger partial charge in [-0.15, -0.1) is 0 Å². The van der Waals surface area contributed by atoms with Gasteiger partial charge in [-0.05, 0) is 35.9 Å². The van der Waals surface area contributed by atoms with Crippen LogP contribution in [0.4, 0.5) is 0 Å². The van der Waals surface area contributed by atoms with Gasteiger partial charge in [-0.25, -0.2) is 4.90 Å². The topological polar surface area (TPSA) is 83.0 Å². The van der Waals surface area contributed by atoms with Crippen LogP contribution in [-0.2, 0) is 17.1 Å². The van der Waals surface area contributed by atoms with Crippen LogP contribution < -0.4 is 4.74 Å². The largest absolute Gasteiger partial charge is 0.492 e. The van der Waals surface area contributed by atoms with E-state index in [1.807, 2.05) is 71.4 Å². The van der Waals surface area contributed by atoms with Gasteiger partial charge in [0.25, 0.3) is 5.91 Å². The molecule has 0 fully saturated rings. The van der Waals surface area contributed by atoms with Gasteiger partial charge < -0.3 is 9.30 Å². The van der Waals surface area contributed by atoms with Crippen molar-refractivity contribution in [2.24, 2.45) is 9.39 Å². The van der Waals surface area contributed by atoms with Crippen LogP contribution in [-0.4, -0.2) is 38.2 Å². The SMILES string of the molecule is N=C1/C(=C\c2cccn2CCOc2ccccc2)C(=O)N=C2SN=C(SCc3ccccc3)N12. The quantitative estimate of drug-likeness (QED) is 0.371. The molecule has 0 saturated heterocycles. The highest BCUT2D eigenvalue weighted by atomic mass is 32.2. The molecule has 0 spiro atoms. The number of amidine groups is 3. The van der Waals surface area contributed by atoms with E-state index < -0.39 is 5.91 Å². The third kappa shape index (κ3) is 4.85. The van der Waals surface area contributed by atoms with Gasteiger partial charge in [0.05, 0.1) is 24.1 Å². The maximum atomic E-state index is 12.7. The first-order chi connectivity index (χ1) is 16.7. The molecule has 0 atom stereocenters. The van der Waals surface area contributed by atoms with Gasteiger partial charge in [0.15, 0.2) is 5.17 Å². The number of rotatable bonds is 7. The molecule has 0 saturated carbocycles. The molecule has 170 valence electrons. The number of nitrogens with zero attached hydrogens (tertiary/aromatic N) is 4. The summed E-state index contributed by atoms with van der Waals surface area (Å²) in [4.78, 5) is 18.6. The number of carbonyl (C=O) groups is 1. The fourth-order valence-electron chi connectivity index (χ4n) is 3.51. The van der Waals surface area contributed by atoms with Crippen molar-refractivity contribution in [2.45, 2.75) is 12.3 Å². The molecule has 7 nitrogen and oxygen atoms in total. The van der Waals surface area contributed by atoms with E-state index in [4.69, 9.17) is 10.1 Å². The molecule has 3 heterocycles. The van der Waals surface area contributed by atoms with E-state index in [0.29, 0.717) is 29.2 Å². The number of hydrogen-bond donors (Lipinski definition) is 1. The number of hydrogen-bond acceptors (Lipinski definition) is 6. The summed E-state index contributed by atoms with van der Waals surface area (Å²) in [5, 5.41) is 9.84. The fourth-order valence-corrected chi connectivity index (χ4v) is 5.31. The minimum atomic E-state index is -0.429.